The summed E-state index contributed by atoms with van der Waals surface area (Å²) in [6, 6.07) is 3.76. The van der Waals surface area contributed by atoms with Gasteiger partial charge in [0.05, 0.1) is 0 Å². The first-order valence-corrected chi connectivity index (χ1v) is 5.36. The number of fused-ring (bicyclic) bond motifs is 1. The summed E-state index contributed by atoms with van der Waals surface area (Å²) in [6.45, 7) is 0. The van der Waals surface area contributed by atoms with Crippen LogP contribution in [-0.2, 0) is 0 Å². The van der Waals surface area contributed by atoms with Crippen LogP contribution in [0.3, 0.4) is 0 Å². The fraction of sp³-hybridized carbons (Fsp3) is 0. The van der Waals surface area contributed by atoms with Crippen LogP contribution in [0.1, 0.15) is 0 Å². The monoisotopic (exact) mass is 262 g/mol. The molecule has 1 aromatic carbocycles. The quantitative estimate of drug-likeness (QED) is 0.680. The van der Waals surface area contributed by atoms with E-state index in [1.165, 1.54) is 16.7 Å². The second-order valence-corrected chi connectivity index (χ2v) is 4.57. The second kappa shape index (κ2) is 3.01. The van der Waals surface area contributed by atoms with Crippen LogP contribution >= 0.6 is 39.9 Å². The summed E-state index contributed by atoms with van der Waals surface area (Å²) in [5.74, 6) is -0.193. The van der Waals surface area contributed by atoms with Gasteiger partial charge in [-0.2, -0.15) is 0 Å². The molecule has 1 heterocycles. The third-order valence-electron chi connectivity index (χ3n) is 1.62. The lowest BCUT2D eigenvalue weighted by Crippen LogP contribution is -1.74. The van der Waals surface area contributed by atoms with Gasteiger partial charge in [-0.25, -0.2) is 4.39 Å². The molecule has 0 fully saturated rings. The van der Waals surface area contributed by atoms with E-state index in [-0.39, 0.29) is 5.82 Å². The van der Waals surface area contributed by atoms with Gasteiger partial charge in [0.1, 0.15) is 5.82 Å². The Morgan fingerprint density at radius 1 is 1.42 bits per heavy atom. The molecule has 0 spiro atoms. The maximum Gasteiger partial charge on any atom is 0.142 e. The molecular formula is C8H4BrFS2. The average Bonchev–Trinajstić information content (AvgIpc) is 2.41. The van der Waals surface area contributed by atoms with Crippen LogP contribution in [0.25, 0.3) is 10.1 Å². The normalized spacial score (nSPS) is 10.9. The van der Waals surface area contributed by atoms with Gasteiger partial charge in [-0.15, -0.1) is 24.0 Å². The minimum absolute atomic E-state index is 0.193. The number of rotatable bonds is 0. The molecule has 0 aliphatic carbocycles. The van der Waals surface area contributed by atoms with Crippen molar-refractivity contribution in [2.45, 2.75) is 4.90 Å². The third-order valence-corrected chi connectivity index (χ3v) is 3.97. The van der Waals surface area contributed by atoms with E-state index in [1.807, 2.05) is 12.1 Å². The minimum atomic E-state index is -0.193. The topological polar surface area (TPSA) is 0 Å². The Labute approximate surface area is 86.9 Å². The van der Waals surface area contributed by atoms with Crippen molar-refractivity contribution in [3.63, 3.8) is 0 Å². The van der Waals surface area contributed by atoms with E-state index >= 15 is 0 Å². The smallest absolute Gasteiger partial charge is 0.142 e. The maximum atomic E-state index is 13.1. The van der Waals surface area contributed by atoms with Crippen LogP contribution < -0.4 is 0 Å². The fourth-order valence-corrected chi connectivity index (χ4v) is 2.57. The van der Waals surface area contributed by atoms with Crippen molar-refractivity contribution in [2.24, 2.45) is 0 Å². The molecule has 0 aliphatic rings. The van der Waals surface area contributed by atoms with E-state index in [0.717, 1.165) is 9.17 Å². The number of thiol groups is 1. The van der Waals surface area contributed by atoms with Crippen LogP contribution in [0, 0.1) is 5.82 Å². The SMILES string of the molecule is Fc1csc2ccc(Br)c(S)c12. The van der Waals surface area contributed by atoms with E-state index in [1.54, 1.807) is 0 Å². The summed E-state index contributed by atoms with van der Waals surface area (Å²) in [5.41, 5.74) is 0. The molecule has 62 valence electrons. The summed E-state index contributed by atoms with van der Waals surface area (Å²) in [6.07, 6.45) is 0. The van der Waals surface area contributed by atoms with Crippen molar-refractivity contribution < 1.29 is 4.39 Å². The van der Waals surface area contributed by atoms with E-state index in [4.69, 9.17) is 0 Å². The van der Waals surface area contributed by atoms with E-state index in [0.29, 0.717) is 10.3 Å². The van der Waals surface area contributed by atoms with Gasteiger partial charge in [0, 0.05) is 24.8 Å². The van der Waals surface area contributed by atoms with Gasteiger partial charge in [-0.3, -0.25) is 0 Å². The van der Waals surface area contributed by atoms with Gasteiger partial charge in [0.15, 0.2) is 0 Å². The van der Waals surface area contributed by atoms with Crippen molar-refractivity contribution in [1.82, 2.24) is 0 Å². The first kappa shape index (κ1) is 8.53. The van der Waals surface area contributed by atoms with E-state index < -0.39 is 0 Å². The molecule has 0 radical (unpaired) electrons. The van der Waals surface area contributed by atoms with Crippen LogP contribution in [0.15, 0.2) is 26.9 Å². The average molecular weight is 263 g/mol. The zero-order valence-electron chi connectivity index (χ0n) is 5.84. The predicted molar refractivity (Wildman–Crippen MR) is 56.7 cm³/mol. The van der Waals surface area contributed by atoms with Gasteiger partial charge in [-0.05, 0) is 28.1 Å². The summed E-state index contributed by atoms with van der Waals surface area (Å²) >= 11 is 8.91. The largest absolute Gasteiger partial charge is 0.205 e. The highest BCUT2D eigenvalue weighted by Crippen LogP contribution is 2.34. The Kier molecular flexibility index (Phi) is 2.14. The minimum Gasteiger partial charge on any atom is -0.205 e. The van der Waals surface area contributed by atoms with Crippen LogP contribution in [0.5, 0.6) is 0 Å². The first-order valence-electron chi connectivity index (χ1n) is 3.24. The molecule has 0 nitrogen and oxygen atoms in total. The summed E-state index contributed by atoms with van der Waals surface area (Å²) in [5, 5.41) is 2.11. The molecule has 0 saturated heterocycles. The van der Waals surface area contributed by atoms with Crippen LogP contribution in [0.4, 0.5) is 4.39 Å². The lowest BCUT2D eigenvalue weighted by molar-refractivity contribution is 0.642. The molecule has 1 aromatic heterocycles. The number of halogens is 2. The van der Waals surface area contributed by atoms with Gasteiger partial charge < -0.3 is 0 Å². The van der Waals surface area contributed by atoms with Crippen LogP contribution in [0.2, 0.25) is 0 Å². The molecule has 0 bridgehead atoms. The molecule has 2 rings (SSSR count). The zero-order valence-corrected chi connectivity index (χ0v) is 9.14. The van der Waals surface area contributed by atoms with Crippen molar-refractivity contribution in [3.05, 3.63) is 27.8 Å². The molecule has 4 heteroatoms. The fourth-order valence-electron chi connectivity index (χ4n) is 1.05. The highest BCUT2D eigenvalue weighted by Gasteiger charge is 2.08. The van der Waals surface area contributed by atoms with Gasteiger partial charge >= 0.3 is 0 Å². The number of thiophene rings is 1. The van der Waals surface area contributed by atoms with E-state index in [2.05, 4.69) is 28.6 Å². The molecule has 0 N–H and O–H groups in total. The highest BCUT2D eigenvalue weighted by molar-refractivity contribution is 9.10. The van der Waals surface area contributed by atoms with E-state index in [9.17, 15) is 4.39 Å². The van der Waals surface area contributed by atoms with Crippen molar-refractivity contribution >= 4 is 50.0 Å². The molecule has 0 saturated carbocycles. The first-order chi connectivity index (χ1) is 5.70. The highest BCUT2D eigenvalue weighted by atomic mass is 79.9. The number of hydrogen-bond acceptors (Lipinski definition) is 2. The summed E-state index contributed by atoms with van der Waals surface area (Å²) < 4.78 is 14.9. The van der Waals surface area contributed by atoms with Crippen LogP contribution in [-0.4, -0.2) is 0 Å². The van der Waals surface area contributed by atoms with Crippen molar-refractivity contribution in [1.29, 1.82) is 0 Å². The van der Waals surface area contributed by atoms with Crippen molar-refractivity contribution in [3.8, 4) is 0 Å². The summed E-state index contributed by atoms with van der Waals surface area (Å²) in [7, 11) is 0. The maximum absolute atomic E-state index is 13.1. The Morgan fingerprint density at radius 3 is 2.92 bits per heavy atom. The Hall–Kier alpha value is -0.0600. The Morgan fingerprint density at radius 2 is 2.17 bits per heavy atom. The molecule has 0 unspecified atom stereocenters. The van der Waals surface area contributed by atoms with Gasteiger partial charge in [0.25, 0.3) is 0 Å². The summed E-state index contributed by atoms with van der Waals surface area (Å²) in [4.78, 5) is 0.672. The number of benzene rings is 1. The molecule has 0 atom stereocenters. The Balaban J connectivity index is 2.96. The lowest BCUT2D eigenvalue weighted by atomic mass is 10.2. The van der Waals surface area contributed by atoms with Crippen molar-refractivity contribution in [2.75, 3.05) is 0 Å². The Bertz CT molecular complexity index is 436. The molecule has 12 heavy (non-hydrogen) atoms. The molecule has 0 amide bonds. The zero-order chi connectivity index (χ0) is 8.72. The lowest BCUT2D eigenvalue weighted by Gasteiger charge is -1.97. The molecule has 0 aliphatic heterocycles. The molecule has 2 aromatic rings. The predicted octanol–water partition coefficient (Wildman–Crippen LogP) is 4.09. The number of hydrogen-bond donors (Lipinski definition) is 1. The van der Waals surface area contributed by atoms with Gasteiger partial charge in [0.2, 0.25) is 0 Å². The molecular weight excluding hydrogens is 259 g/mol. The standard InChI is InChI=1S/C8H4BrFS2/c9-4-1-2-6-7(8(4)11)5(10)3-12-6/h1-3,11H. The van der Waals surface area contributed by atoms with Gasteiger partial charge in [-0.1, -0.05) is 0 Å². The third kappa shape index (κ3) is 1.18. The second-order valence-electron chi connectivity index (χ2n) is 2.35.